The van der Waals surface area contributed by atoms with Crippen molar-refractivity contribution in [3.8, 4) is 0 Å². The van der Waals surface area contributed by atoms with Crippen molar-refractivity contribution in [2.45, 2.75) is 46.2 Å². The zero-order valence-electron chi connectivity index (χ0n) is 20.1. The van der Waals surface area contributed by atoms with E-state index >= 15 is 0 Å². The lowest BCUT2D eigenvalue weighted by molar-refractivity contribution is -0.139. The lowest BCUT2D eigenvalue weighted by atomic mass is 10.1. The highest BCUT2D eigenvalue weighted by Crippen LogP contribution is 2.28. The first-order valence-electron chi connectivity index (χ1n) is 11.1. The van der Waals surface area contributed by atoms with Gasteiger partial charge in [-0.3, -0.25) is 13.9 Å². The summed E-state index contributed by atoms with van der Waals surface area (Å²) in [5, 5.41) is 3.52. The van der Waals surface area contributed by atoms with Crippen LogP contribution in [0.2, 0.25) is 10.0 Å². The Labute approximate surface area is 225 Å². The number of nitrogens with one attached hydrogen (secondary N) is 1. The van der Waals surface area contributed by atoms with Gasteiger partial charge < -0.3 is 10.2 Å². The molecule has 0 aliphatic heterocycles. The highest BCUT2D eigenvalue weighted by molar-refractivity contribution is 9.10. The lowest BCUT2D eigenvalue weighted by Crippen LogP contribution is -2.51. The van der Waals surface area contributed by atoms with E-state index in [4.69, 9.17) is 23.2 Å². The minimum Gasteiger partial charge on any atom is -0.354 e. The molecular formula is C24H30BrCl2N3O4S. The molecule has 0 aliphatic rings. The molecule has 0 saturated heterocycles. The van der Waals surface area contributed by atoms with Gasteiger partial charge in [-0.1, -0.05) is 58.5 Å². The highest BCUT2D eigenvalue weighted by atomic mass is 79.9. The third kappa shape index (κ3) is 8.10. The first-order chi connectivity index (χ1) is 16.4. The number of benzene rings is 2. The van der Waals surface area contributed by atoms with E-state index in [1.807, 2.05) is 13.8 Å². The minimum absolute atomic E-state index is 0.0589. The van der Waals surface area contributed by atoms with Gasteiger partial charge in [-0.15, -0.1) is 0 Å². The number of hydrogen-bond acceptors (Lipinski definition) is 4. The Balaban J connectivity index is 2.43. The van der Waals surface area contributed by atoms with Gasteiger partial charge in [-0.25, -0.2) is 8.42 Å². The Hall–Kier alpha value is -1.81. The van der Waals surface area contributed by atoms with E-state index in [1.54, 1.807) is 43.3 Å². The summed E-state index contributed by atoms with van der Waals surface area (Å²) in [4.78, 5) is 27.7. The van der Waals surface area contributed by atoms with Crippen molar-refractivity contribution < 1.29 is 18.0 Å². The van der Waals surface area contributed by atoms with Gasteiger partial charge in [-0.2, -0.15) is 0 Å². The molecule has 1 N–H and O–H groups in total. The predicted octanol–water partition coefficient (Wildman–Crippen LogP) is 5.16. The predicted molar refractivity (Wildman–Crippen MR) is 145 cm³/mol. The number of anilines is 1. The van der Waals surface area contributed by atoms with Crippen molar-refractivity contribution in [3.63, 3.8) is 0 Å². The van der Waals surface area contributed by atoms with Gasteiger partial charge in [0.25, 0.3) is 0 Å². The lowest BCUT2D eigenvalue weighted by Gasteiger charge is -2.32. The van der Waals surface area contributed by atoms with Crippen LogP contribution in [-0.4, -0.2) is 50.5 Å². The molecule has 0 aliphatic carbocycles. The summed E-state index contributed by atoms with van der Waals surface area (Å²) >= 11 is 16.1. The third-order valence-electron chi connectivity index (χ3n) is 5.50. The smallest absolute Gasteiger partial charge is 0.244 e. The largest absolute Gasteiger partial charge is 0.354 e. The maximum Gasteiger partial charge on any atom is 0.244 e. The van der Waals surface area contributed by atoms with Crippen LogP contribution < -0.4 is 9.62 Å². The van der Waals surface area contributed by atoms with Crippen molar-refractivity contribution in [1.82, 2.24) is 10.2 Å². The Bertz CT molecular complexity index is 1160. The monoisotopic (exact) mass is 605 g/mol. The molecule has 7 nitrogen and oxygen atoms in total. The van der Waals surface area contributed by atoms with Gasteiger partial charge in [0.15, 0.2) is 0 Å². The standard InChI is InChI=1S/C24H30BrCl2N3O4S/c1-5-6-12-28-24(32)17(3)29(14-19-21(26)8-7-9-22(19)27)23(31)15-30(35(4,33)34)18-10-11-20(25)16(2)13-18/h7-11,13,17H,5-6,12,14-15H2,1-4H3,(H,28,32)/t17-/m1/s1. The van der Waals surface area contributed by atoms with Crippen molar-refractivity contribution >= 4 is 66.7 Å². The molecule has 0 radical (unpaired) electrons. The summed E-state index contributed by atoms with van der Waals surface area (Å²) in [5.74, 6) is -0.912. The van der Waals surface area contributed by atoms with E-state index in [1.165, 1.54) is 4.90 Å². The number of rotatable bonds is 11. The fourth-order valence-electron chi connectivity index (χ4n) is 3.37. The molecule has 35 heavy (non-hydrogen) atoms. The number of sulfonamides is 1. The fourth-order valence-corrected chi connectivity index (χ4v) is 4.98. The average molecular weight is 607 g/mol. The zero-order chi connectivity index (χ0) is 26.3. The van der Waals surface area contributed by atoms with Gasteiger partial charge in [0, 0.05) is 33.2 Å². The van der Waals surface area contributed by atoms with Crippen LogP contribution in [0, 0.1) is 6.92 Å². The quantitative estimate of drug-likeness (QED) is 0.358. The summed E-state index contributed by atoms with van der Waals surface area (Å²) in [6.07, 6.45) is 2.74. The normalized spacial score (nSPS) is 12.2. The van der Waals surface area contributed by atoms with E-state index in [-0.39, 0.29) is 12.5 Å². The first-order valence-corrected chi connectivity index (χ1v) is 14.5. The van der Waals surface area contributed by atoms with Gasteiger partial charge >= 0.3 is 0 Å². The molecule has 11 heteroatoms. The van der Waals surface area contributed by atoms with Crippen LogP contribution in [0.3, 0.4) is 0 Å². The van der Waals surface area contributed by atoms with Crippen LogP contribution in [0.1, 0.15) is 37.8 Å². The third-order valence-corrected chi connectivity index (χ3v) is 8.23. The summed E-state index contributed by atoms with van der Waals surface area (Å²) in [6.45, 7) is 5.35. The van der Waals surface area contributed by atoms with Crippen molar-refractivity contribution in [1.29, 1.82) is 0 Å². The van der Waals surface area contributed by atoms with Crippen molar-refractivity contribution in [2.24, 2.45) is 0 Å². The van der Waals surface area contributed by atoms with Crippen LogP contribution in [0.25, 0.3) is 0 Å². The molecule has 2 amide bonds. The molecule has 1 atom stereocenters. The highest BCUT2D eigenvalue weighted by Gasteiger charge is 2.31. The molecule has 0 heterocycles. The molecule has 2 aromatic carbocycles. The zero-order valence-corrected chi connectivity index (χ0v) is 24.1. The molecule has 0 fully saturated rings. The van der Waals surface area contributed by atoms with Gasteiger partial charge in [0.05, 0.1) is 11.9 Å². The Morgan fingerprint density at radius 3 is 2.31 bits per heavy atom. The number of aryl methyl sites for hydroxylation is 1. The summed E-state index contributed by atoms with van der Waals surface area (Å²) in [5.41, 5.74) is 1.63. The van der Waals surface area contributed by atoms with Crippen LogP contribution in [0.4, 0.5) is 5.69 Å². The molecule has 0 unspecified atom stereocenters. The molecule has 0 aromatic heterocycles. The molecule has 0 bridgehead atoms. The summed E-state index contributed by atoms with van der Waals surface area (Å²) < 4.78 is 27.1. The maximum atomic E-state index is 13.6. The van der Waals surface area contributed by atoms with E-state index < -0.39 is 28.5 Å². The Morgan fingerprint density at radius 1 is 1.14 bits per heavy atom. The molecule has 2 aromatic rings. The van der Waals surface area contributed by atoms with E-state index in [9.17, 15) is 18.0 Å². The van der Waals surface area contributed by atoms with Gasteiger partial charge in [0.1, 0.15) is 12.6 Å². The second-order valence-corrected chi connectivity index (χ2v) is 11.8. The molecule has 0 spiro atoms. The number of carbonyl (C=O) groups excluding carboxylic acids is 2. The number of hydrogen-bond donors (Lipinski definition) is 1. The number of amides is 2. The van der Waals surface area contributed by atoms with Gasteiger partial charge in [0.2, 0.25) is 21.8 Å². The van der Waals surface area contributed by atoms with E-state index in [2.05, 4.69) is 21.2 Å². The van der Waals surface area contributed by atoms with Crippen LogP contribution >= 0.6 is 39.1 Å². The molecule has 0 saturated carbocycles. The molecular weight excluding hydrogens is 577 g/mol. The van der Waals surface area contributed by atoms with E-state index in [0.29, 0.717) is 27.8 Å². The van der Waals surface area contributed by atoms with E-state index in [0.717, 1.165) is 33.4 Å². The van der Waals surface area contributed by atoms with Crippen molar-refractivity contribution in [3.05, 3.63) is 62.0 Å². The second kappa shape index (κ2) is 12.9. The van der Waals surface area contributed by atoms with Gasteiger partial charge in [-0.05, 0) is 56.2 Å². The molecule has 2 rings (SSSR count). The number of nitrogens with zero attached hydrogens (tertiary/aromatic N) is 2. The minimum atomic E-state index is -3.81. The maximum absolute atomic E-state index is 13.6. The van der Waals surface area contributed by atoms with Crippen molar-refractivity contribution in [2.75, 3.05) is 23.7 Å². The van der Waals surface area contributed by atoms with Crippen LogP contribution in [0.5, 0.6) is 0 Å². The van der Waals surface area contributed by atoms with Crippen LogP contribution in [0.15, 0.2) is 40.9 Å². The topological polar surface area (TPSA) is 86.8 Å². The number of unbranched alkanes of at least 4 members (excludes halogenated alkanes) is 1. The number of halogens is 3. The fraction of sp³-hybridized carbons (Fsp3) is 0.417. The second-order valence-electron chi connectivity index (χ2n) is 8.25. The first kappa shape index (κ1) is 29.4. The Kier molecular flexibility index (Phi) is 10.9. The van der Waals surface area contributed by atoms with Crippen LogP contribution in [-0.2, 0) is 26.2 Å². The number of carbonyl (C=O) groups is 2. The summed E-state index contributed by atoms with van der Waals surface area (Å²) in [7, 11) is -3.81. The SMILES string of the molecule is CCCCNC(=O)[C@@H](C)N(Cc1c(Cl)cccc1Cl)C(=O)CN(c1ccc(Br)c(C)c1)S(C)(=O)=O. The Morgan fingerprint density at radius 2 is 1.77 bits per heavy atom. The summed E-state index contributed by atoms with van der Waals surface area (Å²) in [6, 6.07) is 9.09. The molecule has 192 valence electrons. The average Bonchev–Trinajstić information content (AvgIpc) is 2.78.